The summed E-state index contributed by atoms with van der Waals surface area (Å²) in [5.74, 6) is 0.410. The summed E-state index contributed by atoms with van der Waals surface area (Å²) in [6.07, 6.45) is 1.82. The summed E-state index contributed by atoms with van der Waals surface area (Å²) < 4.78 is 13.0. The molecule has 0 fully saturated rings. The molecular formula is C27H34N2O4. The molecule has 0 spiro atoms. The monoisotopic (exact) mass is 450 g/mol. The van der Waals surface area contributed by atoms with Crippen LogP contribution in [0.2, 0.25) is 0 Å². The normalized spacial score (nSPS) is 15.2. The van der Waals surface area contributed by atoms with E-state index in [0.717, 1.165) is 34.0 Å². The van der Waals surface area contributed by atoms with Gasteiger partial charge in [-0.05, 0) is 75.9 Å². The maximum atomic E-state index is 13.4. The number of aromatic nitrogens is 1. The van der Waals surface area contributed by atoms with Crippen LogP contribution in [0.4, 0.5) is 0 Å². The second kappa shape index (κ2) is 9.69. The SMILES string of the molecule is CCOC(=O)C1=C(C)N(CC(C)C)C(=O)/C1=C\c1cc(C)n(-c2cc(C)ccc2OC)c1C. The van der Waals surface area contributed by atoms with Crippen molar-refractivity contribution in [2.75, 3.05) is 20.3 Å². The minimum atomic E-state index is -0.463. The second-order valence-electron chi connectivity index (χ2n) is 8.89. The van der Waals surface area contributed by atoms with Gasteiger partial charge in [0.15, 0.2) is 0 Å². The maximum absolute atomic E-state index is 13.4. The topological polar surface area (TPSA) is 60.8 Å². The van der Waals surface area contributed by atoms with E-state index in [1.807, 2.05) is 52.0 Å². The molecule has 0 saturated heterocycles. The van der Waals surface area contributed by atoms with E-state index in [1.54, 1.807) is 18.9 Å². The summed E-state index contributed by atoms with van der Waals surface area (Å²) in [6, 6.07) is 8.07. The molecule has 3 rings (SSSR count). The van der Waals surface area contributed by atoms with Gasteiger partial charge in [0.05, 0.1) is 30.6 Å². The molecule has 1 aliphatic heterocycles. The van der Waals surface area contributed by atoms with Crippen molar-refractivity contribution in [2.45, 2.75) is 48.5 Å². The van der Waals surface area contributed by atoms with Crippen LogP contribution in [0.5, 0.6) is 5.75 Å². The number of ether oxygens (including phenoxy) is 2. The van der Waals surface area contributed by atoms with Crippen LogP contribution in [-0.2, 0) is 14.3 Å². The minimum absolute atomic E-state index is 0.165. The molecule has 0 radical (unpaired) electrons. The van der Waals surface area contributed by atoms with Crippen molar-refractivity contribution in [2.24, 2.45) is 5.92 Å². The smallest absolute Gasteiger partial charge is 0.340 e. The zero-order chi connectivity index (χ0) is 24.4. The lowest BCUT2D eigenvalue weighted by molar-refractivity contribution is -0.138. The largest absolute Gasteiger partial charge is 0.495 e. The predicted molar refractivity (Wildman–Crippen MR) is 130 cm³/mol. The van der Waals surface area contributed by atoms with E-state index in [9.17, 15) is 9.59 Å². The fraction of sp³-hybridized carbons (Fsp3) is 0.407. The zero-order valence-electron chi connectivity index (χ0n) is 20.9. The van der Waals surface area contributed by atoms with Crippen molar-refractivity contribution in [1.29, 1.82) is 0 Å². The van der Waals surface area contributed by atoms with Gasteiger partial charge in [-0.3, -0.25) is 4.79 Å². The molecule has 0 bridgehead atoms. The first-order valence-electron chi connectivity index (χ1n) is 11.4. The molecule has 1 aliphatic rings. The third-order valence-corrected chi connectivity index (χ3v) is 5.88. The minimum Gasteiger partial charge on any atom is -0.495 e. The number of allylic oxidation sites excluding steroid dienone is 1. The van der Waals surface area contributed by atoms with Crippen molar-refractivity contribution in [1.82, 2.24) is 9.47 Å². The van der Waals surface area contributed by atoms with E-state index in [4.69, 9.17) is 9.47 Å². The number of hydrogen-bond donors (Lipinski definition) is 0. The Bertz CT molecular complexity index is 1150. The molecule has 1 aromatic heterocycles. The molecule has 1 aromatic carbocycles. The highest BCUT2D eigenvalue weighted by atomic mass is 16.5. The lowest BCUT2D eigenvalue weighted by Crippen LogP contribution is -2.28. The Labute approximate surface area is 196 Å². The second-order valence-corrected chi connectivity index (χ2v) is 8.89. The van der Waals surface area contributed by atoms with Crippen LogP contribution in [0, 0.1) is 26.7 Å². The first-order chi connectivity index (χ1) is 15.6. The summed E-state index contributed by atoms with van der Waals surface area (Å²) >= 11 is 0. The van der Waals surface area contributed by atoms with Gasteiger partial charge in [0, 0.05) is 23.6 Å². The fourth-order valence-electron chi connectivity index (χ4n) is 4.35. The average Bonchev–Trinajstić information content (AvgIpc) is 3.15. The van der Waals surface area contributed by atoms with Gasteiger partial charge in [-0.15, -0.1) is 0 Å². The van der Waals surface area contributed by atoms with Crippen LogP contribution in [0.25, 0.3) is 11.8 Å². The van der Waals surface area contributed by atoms with E-state index in [2.05, 4.69) is 24.5 Å². The molecule has 0 atom stereocenters. The summed E-state index contributed by atoms with van der Waals surface area (Å²) in [5.41, 5.74) is 6.27. The lowest BCUT2D eigenvalue weighted by Gasteiger charge is -2.19. The summed E-state index contributed by atoms with van der Waals surface area (Å²) in [5, 5.41) is 0. The highest BCUT2D eigenvalue weighted by molar-refractivity contribution is 6.16. The number of amides is 1. The van der Waals surface area contributed by atoms with Crippen LogP contribution < -0.4 is 4.74 Å². The van der Waals surface area contributed by atoms with E-state index in [-0.39, 0.29) is 18.4 Å². The van der Waals surface area contributed by atoms with Crippen LogP contribution in [0.3, 0.4) is 0 Å². The van der Waals surface area contributed by atoms with Crippen LogP contribution in [0.1, 0.15) is 50.2 Å². The number of nitrogens with zero attached hydrogens (tertiary/aromatic N) is 2. The van der Waals surface area contributed by atoms with Gasteiger partial charge in [0.1, 0.15) is 5.75 Å². The van der Waals surface area contributed by atoms with E-state index in [0.29, 0.717) is 23.4 Å². The van der Waals surface area contributed by atoms with Crippen molar-refractivity contribution in [3.63, 3.8) is 0 Å². The molecule has 33 heavy (non-hydrogen) atoms. The number of esters is 1. The van der Waals surface area contributed by atoms with Crippen LogP contribution >= 0.6 is 0 Å². The molecule has 0 unspecified atom stereocenters. The molecule has 1 amide bonds. The maximum Gasteiger partial charge on any atom is 0.340 e. The Morgan fingerprint density at radius 3 is 2.42 bits per heavy atom. The molecule has 2 heterocycles. The van der Waals surface area contributed by atoms with E-state index in [1.165, 1.54) is 0 Å². The van der Waals surface area contributed by atoms with Crippen molar-refractivity contribution >= 4 is 18.0 Å². The molecule has 6 nitrogen and oxygen atoms in total. The number of rotatable bonds is 7. The van der Waals surface area contributed by atoms with Crippen molar-refractivity contribution in [3.8, 4) is 11.4 Å². The number of aryl methyl sites for hydroxylation is 2. The van der Waals surface area contributed by atoms with Gasteiger partial charge in [0.25, 0.3) is 5.91 Å². The van der Waals surface area contributed by atoms with Gasteiger partial charge in [0.2, 0.25) is 0 Å². The first kappa shape index (κ1) is 24.4. The van der Waals surface area contributed by atoms with Gasteiger partial charge >= 0.3 is 5.97 Å². The first-order valence-corrected chi connectivity index (χ1v) is 11.4. The fourth-order valence-corrected chi connectivity index (χ4v) is 4.35. The molecule has 0 aliphatic carbocycles. The van der Waals surface area contributed by atoms with Gasteiger partial charge in [-0.25, -0.2) is 4.79 Å². The number of carbonyl (C=O) groups excluding carboxylic acids is 2. The highest BCUT2D eigenvalue weighted by Gasteiger charge is 2.37. The summed E-state index contributed by atoms with van der Waals surface area (Å²) in [6.45, 7) is 14.5. The summed E-state index contributed by atoms with van der Waals surface area (Å²) in [4.78, 5) is 27.9. The zero-order valence-corrected chi connectivity index (χ0v) is 20.9. The Hall–Kier alpha value is -3.28. The highest BCUT2D eigenvalue weighted by Crippen LogP contribution is 2.35. The molecule has 2 aromatic rings. The van der Waals surface area contributed by atoms with Gasteiger partial charge in [-0.2, -0.15) is 0 Å². The lowest BCUT2D eigenvalue weighted by atomic mass is 10.0. The molecular weight excluding hydrogens is 416 g/mol. The number of methoxy groups -OCH3 is 1. The van der Waals surface area contributed by atoms with E-state index >= 15 is 0 Å². The molecule has 6 heteroatoms. The molecule has 0 N–H and O–H groups in total. The third-order valence-electron chi connectivity index (χ3n) is 5.88. The van der Waals surface area contributed by atoms with Crippen molar-refractivity contribution in [3.05, 3.63) is 63.6 Å². The number of benzene rings is 1. The quantitative estimate of drug-likeness (QED) is 0.433. The molecule has 176 valence electrons. The Kier molecular flexibility index (Phi) is 7.15. The number of carbonyl (C=O) groups is 2. The van der Waals surface area contributed by atoms with Gasteiger partial charge in [-0.1, -0.05) is 19.9 Å². The Morgan fingerprint density at radius 2 is 1.82 bits per heavy atom. The van der Waals surface area contributed by atoms with E-state index < -0.39 is 5.97 Å². The predicted octanol–water partition coefficient (Wildman–Crippen LogP) is 5.13. The van der Waals surface area contributed by atoms with Crippen LogP contribution in [0.15, 0.2) is 41.1 Å². The number of hydrogen-bond acceptors (Lipinski definition) is 4. The Balaban J connectivity index is 2.16. The van der Waals surface area contributed by atoms with Crippen molar-refractivity contribution < 1.29 is 19.1 Å². The Morgan fingerprint density at radius 1 is 1.12 bits per heavy atom. The molecule has 0 saturated carbocycles. The van der Waals surface area contributed by atoms with Crippen LogP contribution in [-0.4, -0.2) is 41.6 Å². The third kappa shape index (κ3) is 4.61. The van der Waals surface area contributed by atoms with Gasteiger partial charge < -0.3 is 18.9 Å². The standard InChI is InChI=1S/C27H34N2O4/c1-9-33-27(31)25-20(7)28(15-16(2)3)26(30)22(25)14-21-13-18(5)29(19(21)6)23-12-17(4)10-11-24(23)32-8/h10-14,16H,9,15H2,1-8H3/b22-14-. The average molecular weight is 451 g/mol. The summed E-state index contributed by atoms with van der Waals surface area (Å²) in [7, 11) is 1.66.